The Morgan fingerprint density at radius 3 is 2.68 bits per heavy atom. The first-order valence-corrected chi connectivity index (χ1v) is 8.18. The molecule has 0 radical (unpaired) electrons. The zero-order chi connectivity index (χ0) is 15.3. The fourth-order valence-corrected chi connectivity index (χ4v) is 3.78. The quantitative estimate of drug-likeness (QED) is 0.679. The molecule has 22 heavy (non-hydrogen) atoms. The fourth-order valence-electron chi connectivity index (χ4n) is 3.61. The molecule has 0 fully saturated rings. The number of rotatable bonds is 1. The second-order valence-corrected chi connectivity index (χ2v) is 6.63. The minimum atomic E-state index is 0.0937. The Morgan fingerprint density at radius 2 is 1.91 bits per heavy atom. The SMILES string of the molecule is Cc1ccc(-n2c3c(c4cc(Cl)ccc42)CCCC3N)cc1. The molecule has 1 aliphatic rings. The summed E-state index contributed by atoms with van der Waals surface area (Å²) in [6, 6.07) is 14.9. The van der Waals surface area contributed by atoms with Gasteiger partial charge >= 0.3 is 0 Å². The van der Waals surface area contributed by atoms with Gasteiger partial charge in [-0.15, -0.1) is 0 Å². The number of nitrogens with zero attached hydrogens (tertiary/aromatic N) is 1. The zero-order valence-corrected chi connectivity index (χ0v) is 13.4. The standard InChI is InChI=1S/C19H19ClN2/c1-12-5-8-14(9-6-12)22-18-10-7-13(20)11-16(18)15-3-2-4-17(21)19(15)22/h5-11,17H,2-4,21H2,1H3. The number of halogens is 1. The van der Waals surface area contributed by atoms with Crippen LogP contribution in [-0.4, -0.2) is 4.57 Å². The average molecular weight is 311 g/mol. The molecule has 1 heterocycles. The van der Waals surface area contributed by atoms with Gasteiger partial charge in [0.25, 0.3) is 0 Å². The van der Waals surface area contributed by atoms with Crippen molar-refractivity contribution in [3.05, 3.63) is 64.3 Å². The molecule has 0 spiro atoms. The maximum atomic E-state index is 6.46. The van der Waals surface area contributed by atoms with E-state index >= 15 is 0 Å². The lowest BCUT2D eigenvalue weighted by Gasteiger charge is -2.22. The Balaban J connectivity index is 2.08. The summed E-state index contributed by atoms with van der Waals surface area (Å²) in [6.45, 7) is 2.11. The zero-order valence-electron chi connectivity index (χ0n) is 12.6. The molecular formula is C19H19ClN2. The second kappa shape index (κ2) is 5.15. The molecule has 0 amide bonds. The smallest absolute Gasteiger partial charge is 0.0536 e. The molecule has 0 bridgehead atoms. The van der Waals surface area contributed by atoms with Crippen molar-refractivity contribution in [2.75, 3.05) is 0 Å². The maximum Gasteiger partial charge on any atom is 0.0536 e. The molecule has 0 saturated carbocycles. The van der Waals surface area contributed by atoms with Crippen LogP contribution >= 0.6 is 11.6 Å². The first-order valence-electron chi connectivity index (χ1n) is 7.80. The van der Waals surface area contributed by atoms with E-state index in [2.05, 4.69) is 47.9 Å². The summed E-state index contributed by atoms with van der Waals surface area (Å²) < 4.78 is 2.32. The molecule has 0 aliphatic heterocycles. The maximum absolute atomic E-state index is 6.46. The Bertz CT molecular complexity index is 846. The van der Waals surface area contributed by atoms with Crippen LogP contribution in [-0.2, 0) is 6.42 Å². The molecule has 1 aromatic heterocycles. The first-order chi connectivity index (χ1) is 10.6. The first kappa shape index (κ1) is 13.9. The monoisotopic (exact) mass is 310 g/mol. The van der Waals surface area contributed by atoms with Gasteiger partial charge in [0.1, 0.15) is 0 Å². The third kappa shape index (κ3) is 2.06. The lowest BCUT2D eigenvalue weighted by molar-refractivity contribution is 0.552. The third-order valence-corrected chi connectivity index (χ3v) is 4.90. The largest absolute Gasteiger partial charge is 0.323 e. The number of benzene rings is 2. The topological polar surface area (TPSA) is 30.9 Å². The number of hydrogen-bond acceptors (Lipinski definition) is 1. The van der Waals surface area contributed by atoms with Crippen molar-refractivity contribution < 1.29 is 0 Å². The van der Waals surface area contributed by atoms with Crippen LogP contribution in [0.5, 0.6) is 0 Å². The van der Waals surface area contributed by atoms with Crippen LogP contribution in [0.3, 0.4) is 0 Å². The summed E-state index contributed by atoms with van der Waals surface area (Å²) in [6.07, 6.45) is 3.27. The van der Waals surface area contributed by atoms with Crippen molar-refractivity contribution >= 4 is 22.5 Å². The number of aryl methyl sites for hydroxylation is 2. The van der Waals surface area contributed by atoms with Gasteiger partial charge in [0.05, 0.1) is 5.52 Å². The van der Waals surface area contributed by atoms with Gasteiger partial charge in [-0.1, -0.05) is 29.3 Å². The molecule has 2 aromatic carbocycles. The Labute approximate surface area is 135 Å². The van der Waals surface area contributed by atoms with E-state index in [0.717, 1.165) is 24.3 Å². The summed E-state index contributed by atoms with van der Waals surface area (Å²) in [4.78, 5) is 0. The summed E-state index contributed by atoms with van der Waals surface area (Å²) >= 11 is 6.23. The predicted octanol–water partition coefficient (Wildman–Crippen LogP) is 4.93. The minimum absolute atomic E-state index is 0.0937. The summed E-state index contributed by atoms with van der Waals surface area (Å²) in [5, 5.41) is 2.04. The van der Waals surface area contributed by atoms with E-state index in [0.29, 0.717) is 0 Å². The van der Waals surface area contributed by atoms with Crippen molar-refractivity contribution in [1.29, 1.82) is 0 Å². The van der Waals surface area contributed by atoms with Crippen molar-refractivity contribution in [1.82, 2.24) is 4.57 Å². The van der Waals surface area contributed by atoms with Crippen molar-refractivity contribution in [3.63, 3.8) is 0 Å². The van der Waals surface area contributed by atoms with Crippen LogP contribution in [0.1, 0.15) is 35.7 Å². The lowest BCUT2D eigenvalue weighted by Crippen LogP contribution is -2.20. The Hall–Kier alpha value is -1.77. The van der Waals surface area contributed by atoms with Gasteiger partial charge in [-0.05, 0) is 62.1 Å². The number of fused-ring (bicyclic) bond motifs is 3. The Morgan fingerprint density at radius 1 is 1.14 bits per heavy atom. The van der Waals surface area contributed by atoms with Crippen LogP contribution in [0, 0.1) is 6.92 Å². The highest BCUT2D eigenvalue weighted by Crippen LogP contribution is 2.39. The van der Waals surface area contributed by atoms with Crippen molar-refractivity contribution in [3.8, 4) is 5.69 Å². The second-order valence-electron chi connectivity index (χ2n) is 6.19. The molecule has 2 N–H and O–H groups in total. The van der Waals surface area contributed by atoms with E-state index in [9.17, 15) is 0 Å². The van der Waals surface area contributed by atoms with Crippen LogP contribution < -0.4 is 5.73 Å². The highest BCUT2D eigenvalue weighted by molar-refractivity contribution is 6.31. The molecule has 4 rings (SSSR count). The summed E-state index contributed by atoms with van der Waals surface area (Å²) in [5.74, 6) is 0. The van der Waals surface area contributed by atoms with Gasteiger partial charge in [0.2, 0.25) is 0 Å². The van der Waals surface area contributed by atoms with Crippen LogP contribution in [0.15, 0.2) is 42.5 Å². The molecule has 2 nitrogen and oxygen atoms in total. The van der Waals surface area contributed by atoms with Gasteiger partial charge in [-0.2, -0.15) is 0 Å². The molecule has 1 atom stereocenters. The van der Waals surface area contributed by atoms with Crippen molar-refractivity contribution in [2.24, 2.45) is 5.73 Å². The molecule has 112 valence electrons. The van der Waals surface area contributed by atoms with E-state index in [-0.39, 0.29) is 6.04 Å². The molecule has 1 aliphatic carbocycles. The normalized spacial score (nSPS) is 17.7. The predicted molar refractivity (Wildman–Crippen MR) is 92.9 cm³/mol. The van der Waals surface area contributed by atoms with Gasteiger partial charge in [0.15, 0.2) is 0 Å². The van der Waals surface area contributed by atoms with E-state index in [4.69, 9.17) is 17.3 Å². The molecule has 3 aromatic rings. The summed E-state index contributed by atoms with van der Waals surface area (Å²) in [5.41, 5.74) is 12.7. The van der Waals surface area contributed by atoms with Gasteiger partial charge in [0, 0.05) is 27.8 Å². The highest BCUT2D eigenvalue weighted by atomic mass is 35.5. The molecule has 0 saturated heterocycles. The molecule has 3 heteroatoms. The number of nitrogens with two attached hydrogens (primary N) is 1. The summed E-state index contributed by atoms with van der Waals surface area (Å²) in [7, 11) is 0. The van der Waals surface area contributed by atoms with E-state index < -0.39 is 0 Å². The molecule has 1 unspecified atom stereocenters. The Kier molecular flexibility index (Phi) is 3.24. The number of aromatic nitrogens is 1. The average Bonchev–Trinajstić information content (AvgIpc) is 2.83. The van der Waals surface area contributed by atoms with Gasteiger partial charge in [-0.3, -0.25) is 0 Å². The van der Waals surface area contributed by atoms with E-state index in [1.165, 1.54) is 33.4 Å². The van der Waals surface area contributed by atoms with E-state index in [1.807, 2.05) is 6.07 Å². The van der Waals surface area contributed by atoms with Crippen LogP contribution in [0.4, 0.5) is 0 Å². The highest BCUT2D eigenvalue weighted by Gasteiger charge is 2.26. The van der Waals surface area contributed by atoms with E-state index in [1.54, 1.807) is 0 Å². The van der Waals surface area contributed by atoms with Crippen molar-refractivity contribution in [2.45, 2.75) is 32.2 Å². The van der Waals surface area contributed by atoms with Gasteiger partial charge in [-0.25, -0.2) is 0 Å². The fraction of sp³-hybridized carbons (Fsp3) is 0.263. The third-order valence-electron chi connectivity index (χ3n) is 4.66. The van der Waals surface area contributed by atoms with Gasteiger partial charge < -0.3 is 10.3 Å². The lowest BCUT2D eigenvalue weighted by atomic mass is 9.92. The van der Waals surface area contributed by atoms with Crippen LogP contribution in [0.25, 0.3) is 16.6 Å². The minimum Gasteiger partial charge on any atom is -0.323 e. The molecular weight excluding hydrogens is 292 g/mol. The number of hydrogen-bond donors (Lipinski definition) is 1. The van der Waals surface area contributed by atoms with Crippen LogP contribution in [0.2, 0.25) is 5.02 Å².